The van der Waals surface area contributed by atoms with Crippen molar-refractivity contribution < 1.29 is 9.47 Å². The topological polar surface area (TPSA) is 71.0 Å². The maximum absolute atomic E-state index is 5.41. The number of pyridine rings is 1. The minimum absolute atomic E-state index is 0. The first kappa shape index (κ1) is 24.0. The van der Waals surface area contributed by atoms with Gasteiger partial charge in [0.25, 0.3) is 0 Å². The second-order valence-corrected chi connectivity index (χ2v) is 7.11. The van der Waals surface area contributed by atoms with Crippen molar-refractivity contribution in [1.29, 1.82) is 0 Å². The molecule has 30 heavy (non-hydrogen) atoms. The van der Waals surface area contributed by atoms with E-state index in [0.717, 1.165) is 60.5 Å². The number of nitrogens with one attached hydrogen (secondary N) is 2. The number of anilines is 1. The first-order chi connectivity index (χ1) is 14.1. The molecule has 3 rings (SSSR count). The number of aliphatic imine (C=N–C) groups is 1. The Hall–Kier alpha value is -2.23. The van der Waals surface area contributed by atoms with Crippen molar-refractivity contribution in [3.63, 3.8) is 0 Å². The van der Waals surface area contributed by atoms with Crippen molar-refractivity contribution in [3.05, 3.63) is 47.8 Å². The molecule has 0 saturated carbocycles. The standard InChI is InChI=1S/C22H31N5O2.HI/c1-5-23-22(25-14-21-16(2)7-6-9-24-21)26-17-8-10-27(15-17)18-11-19(28-3)13-20(12-18)29-4;/h6-7,9,11-13,17H,5,8,10,14-15H2,1-4H3,(H2,23,25,26);1H. The van der Waals surface area contributed by atoms with Gasteiger partial charge in [-0.15, -0.1) is 24.0 Å². The zero-order valence-corrected chi connectivity index (χ0v) is 20.5. The van der Waals surface area contributed by atoms with E-state index in [-0.39, 0.29) is 24.0 Å². The van der Waals surface area contributed by atoms with Gasteiger partial charge in [0, 0.05) is 55.8 Å². The second-order valence-electron chi connectivity index (χ2n) is 7.11. The Labute approximate surface area is 196 Å². The van der Waals surface area contributed by atoms with Gasteiger partial charge < -0.3 is 25.0 Å². The third-order valence-electron chi connectivity index (χ3n) is 5.08. The zero-order valence-electron chi connectivity index (χ0n) is 18.1. The van der Waals surface area contributed by atoms with Crippen LogP contribution in [0.4, 0.5) is 5.69 Å². The summed E-state index contributed by atoms with van der Waals surface area (Å²) in [6, 6.07) is 10.3. The highest BCUT2D eigenvalue weighted by atomic mass is 127. The molecule has 2 N–H and O–H groups in total. The number of benzene rings is 1. The van der Waals surface area contributed by atoms with Crippen LogP contribution in [0.3, 0.4) is 0 Å². The number of nitrogens with zero attached hydrogens (tertiary/aromatic N) is 3. The van der Waals surface area contributed by atoms with E-state index in [0.29, 0.717) is 12.6 Å². The molecule has 0 amide bonds. The average molecular weight is 525 g/mol. The van der Waals surface area contributed by atoms with Crippen LogP contribution < -0.4 is 25.0 Å². The molecule has 1 aromatic carbocycles. The normalized spacial score (nSPS) is 16.1. The molecule has 2 heterocycles. The fraction of sp³-hybridized carbons (Fsp3) is 0.455. The number of ether oxygens (including phenoxy) is 2. The van der Waals surface area contributed by atoms with E-state index in [1.54, 1.807) is 14.2 Å². The predicted octanol–water partition coefficient (Wildman–Crippen LogP) is 3.36. The van der Waals surface area contributed by atoms with Crippen LogP contribution in [-0.2, 0) is 6.54 Å². The van der Waals surface area contributed by atoms with Gasteiger partial charge in [-0.25, -0.2) is 4.99 Å². The molecule has 1 aromatic heterocycles. The smallest absolute Gasteiger partial charge is 0.191 e. The van der Waals surface area contributed by atoms with Gasteiger partial charge in [-0.05, 0) is 31.9 Å². The monoisotopic (exact) mass is 525 g/mol. The Morgan fingerprint density at radius 1 is 1.23 bits per heavy atom. The lowest BCUT2D eigenvalue weighted by Crippen LogP contribution is -2.44. The van der Waals surface area contributed by atoms with Gasteiger partial charge in [-0.3, -0.25) is 4.98 Å². The van der Waals surface area contributed by atoms with E-state index in [1.807, 2.05) is 30.5 Å². The largest absolute Gasteiger partial charge is 0.497 e. The van der Waals surface area contributed by atoms with Crippen molar-refractivity contribution >= 4 is 35.6 Å². The molecule has 2 aromatic rings. The molecular formula is C22H32IN5O2. The van der Waals surface area contributed by atoms with Crippen LogP contribution in [-0.4, -0.2) is 50.8 Å². The van der Waals surface area contributed by atoms with Gasteiger partial charge >= 0.3 is 0 Å². The lowest BCUT2D eigenvalue weighted by molar-refractivity contribution is 0.394. The van der Waals surface area contributed by atoms with Crippen LogP contribution in [0.1, 0.15) is 24.6 Å². The number of hydrogen-bond acceptors (Lipinski definition) is 5. The van der Waals surface area contributed by atoms with Gasteiger partial charge in [0.15, 0.2) is 5.96 Å². The summed E-state index contributed by atoms with van der Waals surface area (Å²) in [5.74, 6) is 2.43. The first-order valence-electron chi connectivity index (χ1n) is 10.1. The summed E-state index contributed by atoms with van der Waals surface area (Å²) in [5, 5.41) is 6.91. The average Bonchev–Trinajstić information content (AvgIpc) is 3.21. The van der Waals surface area contributed by atoms with Crippen LogP contribution in [0.25, 0.3) is 0 Å². The summed E-state index contributed by atoms with van der Waals surface area (Å²) in [5.41, 5.74) is 3.27. The van der Waals surface area contributed by atoms with Crippen molar-refractivity contribution in [2.45, 2.75) is 32.9 Å². The molecule has 1 fully saturated rings. The van der Waals surface area contributed by atoms with Crippen molar-refractivity contribution in [1.82, 2.24) is 15.6 Å². The molecule has 1 saturated heterocycles. The molecule has 1 aliphatic heterocycles. The van der Waals surface area contributed by atoms with E-state index < -0.39 is 0 Å². The number of methoxy groups -OCH3 is 2. The Balaban J connectivity index is 0.00000320. The summed E-state index contributed by atoms with van der Waals surface area (Å²) in [6.07, 6.45) is 2.85. The SMILES string of the molecule is CCNC(=NCc1ncccc1C)NC1CCN(c2cc(OC)cc(OC)c2)C1.I. The molecule has 0 bridgehead atoms. The second kappa shape index (κ2) is 11.8. The Morgan fingerprint density at radius 3 is 2.60 bits per heavy atom. The Morgan fingerprint density at radius 2 is 1.97 bits per heavy atom. The van der Waals surface area contributed by atoms with Gasteiger partial charge in [0.2, 0.25) is 0 Å². The summed E-state index contributed by atoms with van der Waals surface area (Å²) < 4.78 is 10.8. The van der Waals surface area contributed by atoms with E-state index in [2.05, 4.69) is 40.4 Å². The minimum Gasteiger partial charge on any atom is -0.497 e. The molecular weight excluding hydrogens is 493 g/mol. The molecule has 8 heteroatoms. The van der Waals surface area contributed by atoms with Gasteiger partial charge in [0.1, 0.15) is 11.5 Å². The number of hydrogen-bond donors (Lipinski definition) is 2. The molecule has 0 radical (unpaired) electrons. The van der Waals surface area contributed by atoms with Gasteiger partial charge in [-0.2, -0.15) is 0 Å². The molecule has 1 aliphatic rings. The summed E-state index contributed by atoms with van der Waals surface area (Å²) >= 11 is 0. The Bertz CT molecular complexity index is 824. The van der Waals surface area contributed by atoms with E-state index in [9.17, 15) is 0 Å². The highest BCUT2D eigenvalue weighted by Gasteiger charge is 2.24. The quantitative estimate of drug-likeness (QED) is 0.328. The Kier molecular flexibility index (Phi) is 9.48. The number of rotatable bonds is 7. The van der Waals surface area contributed by atoms with Crippen LogP contribution in [0, 0.1) is 6.92 Å². The van der Waals surface area contributed by atoms with Crippen molar-refractivity contribution in [3.8, 4) is 11.5 Å². The third kappa shape index (κ3) is 6.38. The number of halogens is 1. The van der Waals surface area contributed by atoms with Crippen molar-refractivity contribution in [2.75, 3.05) is 38.8 Å². The molecule has 0 spiro atoms. The third-order valence-corrected chi connectivity index (χ3v) is 5.08. The van der Waals surface area contributed by atoms with Gasteiger partial charge in [-0.1, -0.05) is 6.07 Å². The number of aryl methyl sites for hydroxylation is 1. The van der Waals surface area contributed by atoms with Crippen LogP contribution in [0.15, 0.2) is 41.5 Å². The zero-order chi connectivity index (χ0) is 20.6. The highest BCUT2D eigenvalue weighted by Crippen LogP contribution is 2.30. The van der Waals surface area contributed by atoms with Crippen LogP contribution in [0.2, 0.25) is 0 Å². The maximum Gasteiger partial charge on any atom is 0.191 e. The highest BCUT2D eigenvalue weighted by molar-refractivity contribution is 14.0. The predicted molar refractivity (Wildman–Crippen MR) is 133 cm³/mol. The molecule has 164 valence electrons. The number of guanidine groups is 1. The molecule has 0 aliphatic carbocycles. The van der Waals surface area contributed by atoms with Crippen LogP contribution >= 0.6 is 24.0 Å². The molecule has 1 unspecified atom stereocenters. The lowest BCUT2D eigenvalue weighted by Gasteiger charge is -2.21. The molecule has 1 atom stereocenters. The van der Waals surface area contributed by atoms with E-state index in [1.165, 1.54) is 0 Å². The fourth-order valence-corrected chi connectivity index (χ4v) is 3.44. The summed E-state index contributed by atoms with van der Waals surface area (Å²) in [7, 11) is 3.35. The van der Waals surface area contributed by atoms with Gasteiger partial charge in [0.05, 0.1) is 26.5 Å². The molecule has 7 nitrogen and oxygen atoms in total. The van der Waals surface area contributed by atoms with Crippen molar-refractivity contribution in [2.24, 2.45) is 4.99 Å². The maximum atomic E-state index is 5.41. The minimum atomic E-state index is 0. The number of aromatic nitrogens is 1. The van der Waals surface area contributed by atoms with Crippen LogP contribution in [0.5, 0.6) is 11.5 Å². The fourth-order valence-electron chi connectivity index (χ4n) is 3.44. The summed E-state index contributed by atoms with van der Waals surface area (Å²) in [4.78, 5) is 11.5. The summed E-state index contributed by atoms with van der Waals surface area (Å²) in [6.45, 7) is 7.38. The lowest BCUT2D eigenvalue weighted by atomic mass is 10.2. The first-order valence-corrected chi connectivity index (χ1v) is 10.1. The van der Waals surface area contributed by atoms with E-state index >= 15 is 0 Å². The van der Waals surface area contributed by atoms with E-state index in [4.69, 9.17) is 14.5 Å².